The molecule has 1 rings (SSSR count). The molecule has 0 spiro atoms. The largest absolute Gasteiger partial charge is 0.496 e. The molecule has 0 amide bonds. The summed E-state index contributed by atoms with van der Waals surface area (Å²) in [6.45, 7) is 4.47. The first-order chi connectivity index (χ1) is 8.72. The fraction of sp³-hybridized carbons (Fsp3) is 0.625. The fourth-order valence-electron chi connectivity index (χ4n) is 2.61. The molecule has 0 aliphatic carbocycles. The molecule has 0 saturated heterocycles. The minimum atomic E-state index is 0.237. The summed E-state index contributed by atoms with van der Waals surface area (Å²) in [7, 11) is 1.72. The van der Waals surface area contributed by atoms with Crippen LogP contribution >= 0.6 is 0 Å². The lowest BCUT2D eigenvalue weighted by molar-refractivity contribution is 0.353. The van der Waals surface area contributed by atoms with Gasteiger partial charge < -0.3 is 10.5 Å². The van der Waals surface area contributed by atoms with E-state index in [2.05, 4.69) is 26.0 Å². The Hall–Kier alpha value is -1.02. The van der Waals surface area contributed by atoms with E-state index in [-0.39, 0.29) is 6.04 Å². The molecule has 0 aliphatic rings. The van der Waals surface area contributed by atoms with Gasteiger partial charge in [-0.3, -0.25) is 0 Å². The quantitative estimate of drug-likeness (QED) is 0.761. The molecule has 0 aliphatic heterocycles. The second-order valence-electron chi connectivity index (χ2n) is 5.02. The first-order valence-electron chi connectivity index (χ1n) is 7.10. The molecule has 0 saturated carbocycles. The van der Waals surface area contributed by atoms with Crippen LogP contribution in [0.5, 0.6) is 5.75 Å². The molecule has 18 heavy (non-hydrogen) atoms. The Kier molecular flexibility index (Phi) is 6.81. The lowest BCUT2D eigenvalue weighted by Gasteiger charge is -2.24. The third-order valence-electron chi connectivity index (χ3n) is 3.57. The van der Waals surface area contributed by atoms with Crippen molar-refractivity contribution in [2.24, 2.45) is 11.7 Å². The zero-order chi connectivity index (χ0) is 13.4. The van der Waals surface area contributed by atoms with Crippen LogP contribution in [0.3, 0.4) is 0 Å². The van der Waals surface area contributed by atoms with E-state index in [1.54, 1.807) is 7.11 Å². The minimum Gasteiger partial charge on any atom is -0.496 e. The van der Waals surface area contributed by atoms with E-state index in [1.807, 2.05) is 12.1 Å². The summed E-state index contributed by atoms with van der Waals surface area (Å²) in [6.07, 6.45) is 5.79. The van der Waals surface area contributed by atoms with Crippen molar-refractivity contribution in [1.82, 2.24) is 0 Å². The van der Waals surface area contributed by atoms with Gasteiger partial charge in [-0.15, -0.1) is 0 Å². The van der Waals surface area contributed by atoms with Gasteiger partial charge in [0.25, 0.3) is 0 Å². The number of nitrogens with two attached hydrogens (primary N) is 1. The van der Waals surface area contributed by atoms with E-state index in [9.17, 15) is 0 Å². The zero-order valence-corrected chi connectivity index (χ0v) is 12.0. The van der Waals surface area contributed by atoms with E-state index < -0.39 is 0 Å². The Morgan fingerprint density at radius 3 is 2.28 bits per heavy atom. The van der Waals surface area contributed by atoms with Crippen molar-refractivity contribution in [2.75, 3.05) is 7.11 Å². The van der Waals surface area contributed by atoms with Gasteiger partial charge in [-0.25, -0.2) is 0 Å². The number of para-hydroxylation sites is 1. The lowest BCUT2D eigenvalue weighted by Crippen LogP contribution is -2.32. The van der Waals surface area contributed by atoms with Gasteiger partial charge in [0.05, 0.1) is 7.11 Å². The Bertz CT molecular complexity index is 332. The summed E-state index contributed by atoms with van der Waals surface area (Å²) in [6, 6.07) is 8.42. The van der Waals surface area contributed by atoms with Crippen molar-refractivity contribution in [3.63, 3.8) is 0 Å². The molecule has 0 radical (unpaired) electrons. The molecule has 2 N–H and O–H groups in total. The lowest BCUT2D eigenvalue weighted by atomic mass is 9.87. The smallest absolute Gasteiger partial charge is 0.122 e. The van der Waals surface area contributed by atoms with Gasteiger partial charge in [-0.2, -0.15) is 0 Å². The van der Waals surface area contributed by atoms with Gasteiger partial charge in [-0.1, -0.05) is 44.9 Å². The average molecular weight is 249 g/mol. The van der Waals surface area contributed by atoms with Crippen LogP contribution in [-0.4, -0.2) is 13.2 Å². The van der Waals surface area contributed by atoms with Crippen molar-refractivity contribution in [3.05, 3.63) is 29.8 Å². The van der Waals surface area contributed by atoms with E-state index in [0.29, 0.717) is 5.92 Å². The van der Waals surface area contributed by atoms with Crippen molar-refractivity contribution >= 4 is 0 Å². The van der Waals surface area contributed by atoms with Crippen molar-refractivity contribution in [3.8, 4) is 5.75 Å². The standard InChI is InChI=1S/C16H27NO/c1-4-8-13(9-5-2)15(17)12-14-10-6-7-11-16(14)18-3/h6-7,10-11,13,15H,4-5,8-9,12,17H2,1-3H3. The fourth-order valence-corrected chi connectivity index (χ4v) is 2.61. The van der Waals surface area contributed by atoms with Crippen molar-refractivity contribution < 1.29 is 4.74 Å². The molecule has 0 aromatic heterocycles. The van der Waals surface area contributed by atoms with Crippen LogP contribution in [0.15, 0.2) is 24.3 Å². The molecular weight excluding hydrogens is 222 g/mol. The molecule has 1 aromatic carbocycles. The van der Waals surface area contributed by atoms with Gasteiger partial charge >= 0.3 is 0 Å². The van der Waals surface area contributed by atoms with E-state index in [4.69, 9.17) is 10.5 Å². The van der Waals surface area contributed by atoms with Gasteiger partial charge in [0.15, 0.2) is 0 Å². The Morgan fingerprint density at radius 1 is 1.11 bits per heavy atom. The summed E-state index contributed by atoms with van der Waals surface area (Å²) < 4.78 is 5.39. The molecular formula is C16H27NO. The summed E-state index contributed by atoms with van der Waals surface area (Å²) in [5.74, 6) is 1.59. The summed E-state index contributed by atoms with van der Waals surface area (Å²) in [5.41, 5.74) is 7.62. The molecule has 2 heteroatoms. The van der Waals surface area contributed by atoms with E-state index >= 15 is 0 Å². The molecule has 102 valence electrons. The van der Waals surface area contributed by atoms with Gasteiger partial charge in [0, 0.05) is 6.04 Å². The molecule has 0 heterocycles. The molecule has 1 unspecified atom stereocenters. The molecule has 0 fully saturated rings. The van der Waals surface area contributed by atoms with Crippen LogP contribution in [0, 0.1) is 5.92 Å². The predicted molar refractivity (Wildman–Crippen MR) is 78.0 cm³/mol. The van der Waals surface area contributed by atoms with E-state index in [1.165, 1.54) is 31.2 Å². The highest BCUT2D eigenvalue weighted by atomic mass is 16.5. The second-order valence-corrected chi connectivity index (χ2v) is 5.02. The highest BCUT2D eigenvalue weighted by molar-refractivity contribution is 5.33. The monoisotopic (exact) mass is 249 g/mol. The molecule has 0 bridgehead atoms. The molecule has 1 aromatic rings. The number of methoxy groups -OCH3 is 1. The third kappa shape index (κ3) is 4.34. The van der Waals surface area contributed by atoms with E-state index in [0.717, 1.165) is 12.2 Å². The first-order valence-corrected chi connectivity index (χ1v) is 7.10. The molecule has 1 atom stereocenters. The van der Waals surface area contributed by atoms with Crippen LogP contribution in [0.1, 0.15) is 45.1 Å². The van der Waals surface area contributed by atoms with Crippen LogP contribution in [-0.2, 0) is 6.42 Å². The topological polar surface area (TPSA) is 35.2 Å². The van der Waals surface area contributed by atoms with Gasteiger partial charge in [0.2, 0.25) is 0 Å². The summed E-state index contributed by atoms with van der Waals surface area (Å²) >= 11 is 0. The van der Waals surface area contributed by atoms with Crippen molar-refractivity contribution in [2.45, 2.75) is 52.0 Å². The minimum absolute atomic E-state index is 0.237. The Balaban J connectivity index is 2.68. The average Bonchev–Trinajstić information content (AvgIpc) is 2.39. The van der Waals surface area contributed by atoms with Gasteiger partial charge in [0.1, 0.15) is 5.75 Å². The predicted octanol–water partition coefficient (Wildman–Crippen LogP) is 3.78. The maximum atomic E-state index is 6.39. The maximum Gasteiger partial charge on any atom is 0.122 e. The van der Waals surface area contributed by atoms with Gasteiger partial charge in [-0.05, 0) is 36.8 Å². The number of benzene rings is 1. The molecule has 2 nitrogen and oxygen atoms in total. The number of rotatable bonds is 8. The normalized spacial score (nSPS) is 12.7. The second kappa shape index (κ2) is 8.15. The van der Waals surface area contributed by atoms with Crippen molar-refractivity contribution in [1.29, 1.82) is 0 Å². The zero-order valence-electron chi connectivity index (χ0n) is 12.0. The summed E-state index contributed by atoms with van der Waals surface area (Å²) in [4.78, 5) is 0. The number of hydrogen-bond donors (Lipinski definition) is 1. The first kappa shape index (κ1) is 15.0. The maximum absolute atomic E-state index is 6.39. The van der Waals surface area contributed by atoms with Crippen LogP contribution in [0.25, 0.3) is 0 Å². The van der Waals surface area contributed by atoms with Crippen LogP contribution < -0.4 is 10.5 Å². The Labute approximate surface area is 112 Å². The van der Waals surface area contributed by atoms with Crippen LogP contribution in [0.2, 0.25) is 0 Å². The highest BCUT2D eigenvalue weighted by Crippen LogP contribution is 2.24. The SMILES string of the molecule is CCCC(CCC)C(N)Cc1ccccc1OC. The van der Waals surface area contributed by atoms with Crippen LogP contribution in [0.4, 0.5) is 0 Å². The number of ether oxygens (including phenoxy) is 1. The number of hydrogen-bond acceptors (Lipinski definition) is 2. The summed E-state index contributed by atoms with van der Waals surface area (Å²) in [5, 5.41) is 0. The highest BCUT2D eigenvalue weighted by Gasteiger charge is 2.17. The Morgan fingerprint density at radius 2 is 1.72 bits per heavy atom. The third-order valence-corrected chi connectivity index (χ3v) is 3.57.